The number of hydrogen-bond acceptors (Lipinski definition) is 12. The Morgan fingerprint density at radius 2 is 1.59 bits per heavy atom. The Morgan fingerprint density at radius 1 is 0.881 bits per heavy atom. The summed E-state index contributed by atoms with van der Waals surface area (Å²) >= 11 is 0. The monoisotopic (exact) mass is 826 g/mol. The molecule has 1 aromatic carbocycles. The highest BCUT2D eigenvalue weighted by atomic mass is 16.7. The van der Waals surface area contributed by atoms with E-state index in [2.05, 4.69) is 33.8 Å². The van der Waals surface area contributed by atoms with Gasteiger partial charge in [0.15, 0.2) is 18.7 Å². The fourth-order valence-electron chi connectivity index (χ4n) is 12.2. The van der Waals surface area contributed by atoms with Gasteiger partial charge in [0.1, 0.15) is 29.7 Å². The van der Waals surface area contributed by atoms with Crippen molar-refractivity contribution in [3.8, 4) is 0 Å². The highest BCUT2D eigenvalue weighted by molar-refractivity contribution is 5.82. The smallest absolute Gasteiger partial charge is 0.306 e. The number of fused-ring (bicyclic) bond motifs is 5. The molecule has 2 heterocycles. The van der Waals surface area contributed by atoms with Gasteiger partial charge in [0.2, 0.25) is 0 Å². The van der Waals surface area contributed by atoms with Gasteiger partial charge in [0.05, 0.1) is 31.5 Å². The number of ether oxygens (including phenoxy) is 5. The average Bonchev–Trinajstić information content (AvgIpc) is 3.44. The molecule has 2 aliphatic heterocycles. The first-order valence-electron chi connectivity index (χ1n) is 22.4. The maximum atomic E-state index is 14.1. The summed E-state index contributed by atoms with van der Waals surface area (Å²) in [6.45, 7) is 12.0. The minimum absolute atomic E-state index is 0.0141. The van der Waals surface area contributed by atoms with Gasteiger partial charge in [0.25, 0.3) is 0 Å². The maximum absolute atomic E-state index is 14.1. The molecule has 59 heavy (non-hydrogen) atoms. The molecule has 1 aromatic rings. The van der Waals surface area contributed by atoms with E-state index in [4.69, 9.17) is 23.7 Å². The Balaban J connectivity index is 1.11. The standard InChI is InChI=1S/C47H70O12/c1-26(2)12-16-35(49)28(4)47(54)38(23-34-32-15-14-30-22-31(48)18-20-45(30,5)33(32)19-21-46(34,47)6)57-43-27(3)41(37(51)25-55-43)59-44-42(40(53)36(50)24-56-44)58-39(52)17-13-29-10-8-7-9-11-29/h7-11,14,26-28,31-34,36-38,40-44,48,50-51,53-54H,12-13,15-25H2,1-6H3/t27?,28-,31+,32-,33?,34+,36?,37?,38+,40?,41?,42?,43?,44?,45+,46+,47-/m1/s1. The summed E-state index contributed by atoms with van der Waals surface area (Å²) in [4.78, 5) is 27.1. The van der Waals surface area contributed by atoms with Crippen molar-refractivity contribution < 1.29 is 58.8 Å². The molecular weight excluding hydrogens is 757 g/mol. The largest absolute Gasteiger partial charge is 0.454 e. The lowest BCUT2D eigenvalue weighted by molar-refractivity contribution is -0.335. The number of ketones is 1. The van der Waals surface area contributed by atoms with Crippen LogP contribution in [0.15, 0.2) is 42.0 Å². The molecule has 5 N–H and O–H groups in total. The number of rotatable bonds is 13. The average molecular weight is 827 g/mol. The number of aryl methyl sites for hydroxylation is 1. The highest BCUT2D eigenvalue weighted by Crippen LogP contribution is 2.69. The zero-order valence-electron chi connectivity index (χ0n) is 35.9. The number of esters is 1. The minimum atomic E-state index is -1.51. The van der Waals surface area contributed by atoms with Crippen molar-refractivity contribution >= 4 is 11.8 Å². The SMILES string of the molecule is CC(C)CCC(=O)[C@@H](C)[C@@]1(O)[C@@H](OC2OCC(O)C(OC3OCC(O)C(O)C3OC(=O)CCc3ccccc3)C2C)C[C@H]2[C@@H]3CC=C4C[C@@H](O)CC[C@]4(C)C3CC[C@@]21C. The van der Waals surface area contributed by atoms with Crippen LogP contribution in [0.1, 0.15) is 111 Å². The Morgan fingerprint density at radius 3 is 2.32 bits per heavy atom. The molecule has 4 aliphatic carbocycles. The first-order chi connectivity index (χ1) is 28.0. The highest BCUT2D eigenvalue weighted by Gasteiger charge is 2.70. The Bertz CT molecular complexity index is 1650. The van der Waals surface area contributed by atoms with Crippen LogP contribution in [0.4, 0.5) is 0 Å². The molecule has 7 rings (SSSR count). The van der Waals surface area contributed by atoms with Crippen LogP contribution < -0.4 is 0 Å². The van der Waals surface area contributed by atoms with E-state index in [9.17, 15) is 35.1 Å². The van der Waals surface area contributed by atoms with Gasteiger partial charge in [-0.25, -0.2) is 0 Å². The number of Topliss-reactive ketones (excluding diaryl/α,β-unsaturated/α-hetero) is 1. The molecule has 5 fully saturated rings. The van der Waals surface area contributed by atoms with Crippen molar-refractivity contribution in [2.75, 3.05) is 13.2 Å². The third kappa shape index (κ3) is 8.48. The molecule has 12 heteroatoms. The summed E-state index contributed by atoms with van der Waals surface area (Å²) in [6, 6.07) is 9.47. The minimum Gasteiger partial charge on any atom is -0.454 e. The van der Waals surface area contributed by atoms with E-state index in [-0.39, 0.29) is 48.8 Å². The van der Waals surface area contributed by atoms with Crippen molar-refractivity contribution in [3.05, 3.63) is 47.5 Å². The van der Waals surface area contributed by atoms with Crippen molar-refractivity contribution in [1.29, 1.82) is 0 Å². The summed E-state index contributed by atoms with van der Waals surface area (Å²) in [5.41, 5.74) is 0.162. The third-order valence-electron chi connectivity index (χ3n) is 16.0. The second-order valence-electron chi connectivity index (χ2n) is 19.8. The summed E-state index contributed by atoms with van der Waals surface area (Å²) in [7, 11) is 0. The summed E-state index contributed by atoms with van der Waals surface area (Å²) in [6.07, 6.45) is -0.182. The molecule has 330 valence electrons. The van der Waals surface area contributed by atoms with E-state index in [1.807, 2.05) is 44.2 Å². The van der Waals surface area contributed by atoms with Crippen LogP contribution in [0.2, 0.25) is 0 Å². The first-order valence-corrected chi connectivity index (χ1v) is 22.4. The second kappa shape index (κ2) is 17.8. The third-order valence-corrected chi connectivity index (χ3v) is 16.0. The van der Waals surface area contributed by atoms with E-state index in [1.54, 1.807) is 0 Å². The summed E-state index contributed by atoms with van der Waals surface area (Å²) < 4.78 is 31.0. The summed E-state index contributed by atoms with van der Waals surface area (Å²) in [5, 5.41) is 56.7. The zero-order chi connectivity index (χ0) is 42.4. The van der Waals surface area contributed by atoms with Gasteiger partial charge in [-0.2, -0.15) is 0 Å². The van der Waals surface area contributed by atoms with Crippen LogP contribution in [0, 0.1) is 46.3 Å². The van der Waals surface area contributed by atoms with E-state index in [0.29, 0.717) is 37.5 Å². The van der Waals surface area contributed by atoms with Crippen LogP contribution >= 0.6 is 0 Å². The van der Waals surface area contributed by atoms with E-state index in [1.165, 1.54) is 5.57 Å². The molecule has 0 radical (unpaired) electrons. The topological polar surface area (TPSA) is 181 Å². The number of allylic oxidation sites excluding steroid dienone is 1. The lowest BCUT2D eigenvalue weighted by Gasteiger charge is -2.59. The molecule has 2 saturated heterocycles. The number of carbonyl (C=O) groups is 2. The zero-order valence-corrected chi connectivity index (χ0v) is 35.9. The fourth-order valence-corrected chi connectivity index (χ4v) is 12.2. The number of aliphatic hydroxyl groups excluding tert-OH is 4. The summed E-state index contributed by atoms with van der Waals surface area (Å²) in [5.74, 6) is -0.842. The van der Waals surface area contributed by atoms with E-state index >= 15 is 0 Å². The molecule has 9 unspecified atom stereocenters. The van der Waals surface area contributed by atoms with Crippen LogP contribution in [-0.4, -0.2) is 111 Å². The molecule has 6 aliphatic rings. The van der Waals surface area contributed by atoms with Crippen LogP contribution in [0.25, 0.3) is 0 Å². The predicted molar refractivity (Wildman–Crippen MR) is 217 cm³/mol. The normalized spacial score (nSPS) is 43.9. The molecule has 0 aromatic heterocycles. The number of carbonyl (C=O) groups excluding carboxylic acids is 2. The lowest BCUT2D eigenvalue weighted by atomic mass is 9.46. The van der Waals surface area contributed by atoms with Crippen molar-refractivity contribution in [2.24, 2.45) is 46.3 Å². The van der Waals surface area contributed by atoms with Gasteiger partial charge in [-0.15, -0.1) is 0 Å². The molecule has 0 amide bonds. The van der Waals surface area contributed by atoms with Crippen molar-refractivity contribution in [2.45, 2.75) is 173 Å². The second-order valence-corrected chi connectivity index (χ2v) is 19.8. The van der Waals surface area contributed by atoms with E-state index < -0.39 is 78.0 Å². The van der Waals surface area contributed by atoms with Gasteiger partial charge in [-0.05, 0) is 92.4 Å². The quantitative estimate of drug-likeness (QED) is 0.132. The van der Waals surface area contributed by atoms with E-state index in [0.717, 1.165) is 44.1 Å². The first kappa shape index (κ1) is 44.8. The molecule has 3 saturated carbocycles. The molecule has 0 bridgehead atoms. The number of aliphatic hydroxyl groups is 5. The van der Waals surface area contributed by atoms with Gasteiger partial charge in [-0.3, -0.25) is 9.59 Å². The van der Waals surface area contributed by atoms with Gasteiger partial charge < -0.3 is 49.2 Å². The van der Waals surface area contributed by atoms with Crippen LogP contribution in [0.3, 0.4) is 0 Å². The predicted octanol–water partition coefficient (Wildman–Crippen LogP) is 5.04. The number of hydrogen-bond donors (Lipinski definition) is 5. The Kier molecular flexibility index (Phi) is 13.5. The number of benzene rings is 1. The maximum Gasteiger partial charge on any atom is 0.306 e. The van der Waals surface area contributed by atoms with Crippen molar-refractivity contribution in [1.82, 2.24) is 0 Å². The van der Waals surface area contributed by atoms with Crippen LogP contribution in [0.5, 0.6) is 0 Å². The van der Waals surface area contributed by atoms with Gasteiger partial charge in [0, 0.05) is 30.1 Å². The van der Waals surface area contributed by atoms with Crippen LogP contribution in [-0.2, 0) is 39.7 Å². The van der Waals surface area contributed by atoms with Gasteiger partial charge >= 0.3 is 5.97 Å². The molecule has 12 nitrogen and oxygen atoms in total. The molecule has 0 spiro atoms. The fraction of sp³-hybridized carbons (Fsp3) is 0.787. The Hall–Kier alpha value is -2.26. The van der Waals surface area contributed by atoms with Gasteiger partial charge in [-0.1, -0.05) is 83.5 Å². The van der Waals surface area contributed by atoms with Crippen molar-refractivity contribution in [3.63, 3.8) is 0 Å². The molecular formula is C47H70O12. The molecule has 17 atom stereocenters. The Labute approximate surface area is 350 Å². The lowest BCUT2D eigenvalue weighted by Crippen LogP contribution is -2.62.